The van der Waals surface area contributed by atoms with E-state index in [4.69, 9.17) is 16.7 Å². The number of hydrogen-bond acceptors (Lipinski definition) is 4. The van der Waals surface area contributed by atoms with Crippen molar-refractivity contribution in [2.75, 3.05) is 10.6 Å². The lowest BCUT2D eigenvalue weighted by molar-refractivity contribution is -0.138. The molecule has 1 unspecified atom stereocenters. The van der Waals surface area contributed by atoms with Crippen molar-refractivity contribution < 1.29 is 19.5 Å². The van der Waals surface area contributed by atoms with Gasteiger partial charge in [-0.05, 0) is 48.0 Å². The summed E-state index contributed by atoms with van der Waals surface area (Å²) in [7, 11) is 0. The van der Waals surface area contributed by atoms with Crippen LogP contribution in [0.25, 0.3) is 0 Å². The molecule has 1 atom stereocenters. The van der Waals surface area contributed by atoms with Crippen LogP contribution in [0.1, 0.15) is 23.7 Å². The number of carbonyl (C=O) groups is 3. The molecule has 0 aliphatic rings. The third-order valence-electron chi connectivity index (χ3n) is 4.39. The molecule has 2 amide bonds. The molecule has 0 fully saturated rings. The molecule has 164 valence electrons. The van der Waals surface area contributed by atoms with Crippen molar-refractivity contribution in [2.45, 2.75) is 23.0 Å². The van der Waals surface area contributed by atoms with Crippen LogP contribution in [0.3, 0.4) is 0 Å². The maximum absolute atomic E-state index is 13.1. The smallest absolute Gasteiger partial charge is 0.303 e. The normalized spacial score (nSPS) is 11.4. The Kier molecular flexibility index (Phi) is 8.30. The van der Waals surface area contributed by atoms with Crippen molar-refractivity contribution in [2.24, 2.45) is 0 Å². The summed E-state index contributed by atoms with van der Waals surface area (Å²) >= 11 is 7.27. The van der Waals surface area contributed by atoms with Crippen LogP contribution in [-0.2, 0) is 14.4 Å². The van der Waals surface area contributed by atoms with Crippen LogP contribution in [0.4, 0.5) is 11.4 Å². The van der Waals surface area contributed by atoms with Crippen LogP contribution < -0.4 is 10.6 Å². The number of carbonyl (C=O) groups excluding carboxylic acids is 2. The van der Waals surface area contributed by atoms with E-state index in [1.165, 1.54) is 11.8 Å². The number of carboxylic acids is 1. The second-order valence-corrected chi connectivity index (χ2v) is 8.49. The second kappa shape index (κ2) is 11.4. The third kappa shape index (κ3) is 7.14. The lowest BCUT2D eigenvalue weighted by atomic mass is 10.1. The van der Waals surface area contributed by atoms with E-state index in [0.29, 0.717) is 16.4 Å². The standard InChI is InChI=1S/C24H21ClN2O4S/c25-17-9-11-18(12-10-17)27-24(31)23(16-5-2-1-3-6-16)32-20-8-4-7-19(15-20)26-21(28)13-14-22(29)30/h1-12,15,23H,13-14H2,(H,26,28)(H,27,31)(H,29,30). The van der Waals surface area contributed by atoms with E-state index in [2.05, 4.69) is 10.6 Å². The predicted octanol–water partition coefficient (Wildman–Crippen LogP) is 5.62. The van der Waals surface area contributed by atoms with E-state index in [1.54, 1.807) is 42.5 Å². The van der Waals surface area contributed by atoms with Crippen molar-refractivity contribution in [3.05, 3.63) is 89.4 Å². The number of anilines is 2. The zero-order valence-electron chi connectivity index (χ0n) is 17.0. The summed E-state index contributed by atoms with van der Waals surface area (Å²) in [5.74, 6) is -1.60. The maximum Gasteiger partial charge on any atom is 0.303 e. The molecule has 3 aromatic carbocycles. The first kappa shape index (κ1) is 23.4. The molecule has 0 heterocycles. The summed E-state index contributed by atoms with van der Waals surface area (Å²) in [4.78, 5) is 36.5. The van der Waals surface area contributed by atoms with Gasteiger partial charge in [0, 0.05) is 27.7 Å². The second-order valence-electron chi connectivity index (χ2n) is 6.87. The van der Waals surface area contributed by atoms with Crippen molar-refractivity contribution in [3.63, 3.8) is 0 Å². The van der Waals surface area contributed by atoms with Gasteiger partial charge in [0.25, 0.3) is 0 Å². The van der Waals surface area contributed by atoms with Crippen molar-refractivity contribution in [3.8, 4) is 0 Å². The largest absolute Gasteiger partial charge is 0.481 e. The van der Waals surface area contributed by atoms with Gasteiger partial charge in [-0.3, -0.25) is 14.4 Å². The molecule has 0 saturated carbocycles. The summed E-state index contributed by atoms with van der Waals surface area (Å²) in [6.45, 7) is 0. The Hall–Kier alpha value is -3.29. The van der Waals surface area contributed by atoms with Crippen LogP contribution in [0.15, 0.2) is 83.8 Å². The first-order valence-corrected chi connectivity index (χ1v) is 11.1. The molecule has 0 saturated heterocycles. The Bertz CT molecular complexity index is 1090. The fourth-order valence-electron chi connectivity index (χ4n) is 2.87. The summed E-state index contributed by atoms with van der Waals surface area (Å²) < 4.78 is 0. The number of aliphatic carboxylic acids is 1. The zero-order valence-corrected chi connectivity index (χ0v) is 18.5. The summed E-state index contributed by atoms with van der Waals surface area (Å²) in [6, 6.07) is 23.4. The van der Waals surface area contributed by atoms with E-state index in [0.717, 1.165) is 10.5 Å². The summed E-state index contributed by atoms with van der Waals surface area (Å²) in [5.41, 5.74) is 2.01. The summed E-state index contributed by atoms with van der Waals surface area (Å²) in [6.07, 6.45) is -0.343. The van der Waals surface area contributed by atoms with Crippen LogP contribution in [-0.4, -0.2) is 22.9 Å². The number of carboxylic acid groups (broad SMARTS) is 1. The Morgan fingerprint density at radius 3 is 2.25 bits per heavy atom. The number of rotatable bonds is 9. The van der Waals surface area contributed by atoms with E-state index in [-0.39, 0.29) is 24.7 Å². The Labute approximate surface area is 195 Å². The van der Waals surface area contributed by atoms with E-state index >= 15 is 0 Å². The molecular weight excluding hydrogens is 448 g/mol. The SMILES string of the molecule is O=C(O)CCC(=O)Nc1cccc(SC(C(=O)Nc2ccc(Cl)cc2)c2ccccc2)c1. The van der Waals surface area contributed by atoms with Crippen LogP contribution in [0.5, 0.6) is 0 Å². The fourth-order valence-corrected chi connectivity index (χ4v) is 4.08. The molecule has 6 nitrogen and oxygen atoms in total. The van der Waals surface area contributed by atoms with E-state index in [1.807, 2.05) is 36.4 Å². The van der Waals surface area contributed by atoms with E-state index < -0.39 is 11.2 Å². The van der Waals surface area contributed by atoms with Gasteiger partial charge >= 0.3 is 5.97 Å². The van der Waals surface area contributed by atoms with Gasteiger partial charge in [-0.1, -0.05) is 48.0 Å². The van der Waals surface area contributed by atoms with Crippen LogP contribution in [0, 0.1) is 0 Å². The highest BCUT2D eigenvalue weighted by Gasteiger charge is 2.22. The fraction of sp³-hybridized carbons (Fsp3) is 0.125. The maximum atomic E-state index is 13.1. The molecule has 0 bridgehead atoms. The number of benzene rings is 3. The zero-order chi connectivity index (χ0) is 22.9. The minimum absolute atomic E-state index is 0.108. The number of hydrogen-bond donors (Lipinski definition) is 3. The molecule has 0 radical (unpaired) electrons. The van der Waals surface area contributed by atoms with Gasteiger partial charge in [-0.15, -0.1) is 11.8 Å². The third-order valence-corrected chi connectivity index (χ3v) is 5.89. The monoisotopic (exact) mass is 468 g/mol. The van der Waals surface area contributed by atoms with Crippen LogP contribution >= 0.6 is 23.4 Å². The Balaban J connectivity index is 1.76. The van der Waals surface area contributed by atoms with Crippen LogP contribution in [0.2, 0.25) is 5.02 Å². The molecular formula is C24H21ClN2O4S. The number of halogens is 1. The molecule has 8 heteroatoms. The van der Waals surface area contributed by atoms with Crippen molar-refractivity contribution >= 4 is 52.5 Å². The number of nitrogens with one attached hydrogen (secondary N) is 2. The van der Waals surface area contributed by atoms with Gasteiger partial charge in [0.15, 0.2) is 0 Å². The van der Waals surface area contributed by atoms with Gasteiger partial charge in [-0.25, -0.2) is 0 Å². The van der Waals surface area contributed by atoms with Gasteiger partial charge < -0.3 is 15.7 Å². The highest BCUT2D eigenvalue weighted by Crippen LogP contribution is 2.37. The molecule has 3 aromatic rings. The number of thioether (sulfide) groups is 1. The highest BCUT2D eigenvalue weighted by molar-refractivity contribution is 8.00. The van der Waals surface area contributed by atoms with Crippen molar-refractivity contribution in [1.82, 2.24) is 0 Å². The first-order valence-electron chi connectivity index (χ1n) is 9.80. The molecule has 3 N–H and O–H groups in total. The molecule has 0 aliphatic heterocycles. The lowest BCUT2D eigenvalue weighted by Crippen LogP contribution is -2.19. The number of amides is 2. The molecule has 0 spiro atoms. The van der Waals surface area contributed by atoms with Gasteiger partial charge in [0.2, 0.25) is 11.8 Å². The molecule has 32 heavy (non-hydrogen) atoms. The Morgan fingerprint density at radius 1 is 0.844 bits per heavy atom. The minimum Gasteiger partial charge on any atom is -0.481 e. The lowest BCUT2D eigenvalue weighted by Gasteiger charge is -2.18. The minimum atomic E-state index is -1.03. The highest BCUT2D eigenvalue weighted by atomic mass is 35.5. The van der Waals surface area contributed by atoms with Gasteiger partial charge in [-0.2, -0.15) is 0 Å². The summed E-state index contributed by atoms with van der Waals surface area (Å²) in [5, 5.41) is 14.4. The van der Waals surface area contributed by atoms with E-state index in [9.17, 15) is 14.4 Å². The molecule has 0 aliphatic carbocycles. The van der Waals surface area contributed by atoms with Gasteiger partial charge in [0.1, 0.15) is 5.25 Å². The van der Waals surface area contributed by atoms with Gasteiger partial charge in [0.05, 0.1) is 6.42 Å². The average Bonchev–Trinajstić information content (AvgIpc) is 2.78. The Morgan fingerprint density at radius 2 is 1.56 bits per heavy atom. The average molecular weight is 469 g/mol. The topological polar surface area (TPSA) is 95.5 Å². The predicted molar refractivity (Wildman–Crippen MR) is 127 cm³/mol. The quantitative estimate of drug-likeness (QED) is 0.354. The first-order chi connectivity index (χ1) is 15.4. The molecule has 0 aromatic heterocycles. The van der Waals surface area contributed by atoms with Crippen molar-refractivity contribution in [1.29, 1.82) is 0 Å². The molecule has 3 rings (SSSR count).